The van der Waals surface area contributed by atoms with Gasteiger partial charge in [-0.2, -0.15) is 0 Å². The molecule has 0 fully saturated rings. The van der Waals surface area contributed by atoms with Gasteiger partial charge in [-0.3, -0.25) is 4.79 Å². The molecule has 3 nitrogen and oxygen atoms in total. The number of Topliss-reactive ketones (excluding diaryl/α,β-unsaturated/α-hetero) is 1. The van der Waals surface area contributed by atoms with E-state index in [9.17, 15) is 4.79 Å². The molecular weight excluding hydrogens is 136 g/mol. The summed E-state index contributed by atoms with van der Waals surface area (Å²) < 4.78 is 4.84. The standard InChI is InChI=1S/C5H12O3Si/c1-5(6)4-8-9(2,3)7/h7H,4H2,1-3H3. The molecule has 0 atom stereocenters. The van der Waals surface area contributed by atoms with Crippen LogP contribution >= 0.6 is 0 Å². The van der Waals surface area contributed by atoms with Crippen molar-refractivity contribution in [3.8, 4) is 0 Å². The molecular formula is C5H12O3Si. The normalized spacial score (nSPS) is 11.6. The van der Waals surface area contributed by atoms with Crippen LogP contribution in [0.5, 0.6) is 0 Å². The molecule has 54 valence electrons. The summed E-state index contributed by atoms with van der Waals surface area (Å²) in [5.41, 5.74) is 0. The highest BCUT2D eigenvalue weighted by Gasteiger charge is 2.18. The van der Waals surface area contributed by atoms with Crippen molar-refractivity contribution in [2.75, 3.05) is 6.61 Å². The Labute approximate surface area is 55.9 Å². The van der Waals surface area contributed by atoms with Gasteiger partial charge in [0.05, 0.1) is 6.61 Å². The SMILES string of the molecule is CC(=O)CO[Si](C)(C)O. The zero-order valence-electron chi connectivity index (χ0n) is 5.97. The topological polar surface area (TPSA) is 46.5 Å². The Kier molecular flexibility index (Phi) is 3.03. The van der Waals surface area contributed by atoms with Crippen LogP contribution in [0.1, 0.15) is 6.92 Å². The van der Waals surface area contributed by atoms with Crippen LogP contribution in [0.2, 0.25) is 13.1 Å². The minimum absolute atomic E-state index is 0.0374. The summed E-state index contributed by atoms with van der Waals surface area (Å²) in [5.74, 6) is -0.0513. The van der Waals surface area contributed by atoms with Crippen LogP contribution in [0.3, 0.4) is 0 Å². The van der Waals surface area contributed by atoms with Crippen LogP contribution in [0.25, 0.3) is 0 Å². The predicted octanol–water partition coefficient (Wildman–Crippen LogP) is 0.286. The molecule has 0 aromatic carbocycles. The van der Waals surface area contributed by atoms with Gasteiger partial charge >= 0.3 is 8.56 Å². The summed E-state index contributed by atoms with van der Waals surface area (Å²) in [6, 6.07) is 0. The zero-order chi connectivity index (χ0) is 7.49. The molecule has 1 N–H and O–H groups in total. The molecule has 0 bridgehead atoms. The Morgan fingerprint density at radius 1 is 1.67 bits per heavy atom. The van der Waals surface area contributed by atoms with Crippen molar-refractivity contribution in [1.29, 1.82) is 0 Å². The third kappa shape index (κ3) is 7.81. The molecule has 0 aromatic heterocycles. The van der Waals surface area contributed by atoms with E-state index in [-0.39, 0.29) is 12.4 Å². The largest absolute Gasteiger partial charge is 0.411 e. The minimum atomic E-state index is -2.44. The number of carbonyl (C=O) groups is 1. The molecule has 0 heterocycles. The van der Waals surface area contributed by atoms with Crippen LogP contribution in [-0.4, -0.2) is 25.7 Å². The summed E-state index contributed by atoms with van der Waals surface area (Å²) >= 11 is 0. The Balaban J connectivity index is 3.39. The Morgan fingerprint density at radius 2 is 2.11 bits per heavy atom. The maximum atomic E-state index is 10.3. The zero-order valence-corrected chi connectivity index (χ0v) is 6.97. The van der Waals surface area contributed by atoms with Crippen molar-refractivity contribution >= 4 is 14.3 Å². The quantitative estimate of drug-likeness (QED) is 0.585. The number of carbonyl (C=O) groups excluding carboxylic acids is 1. The van der Waals surface area contributed by atoms with Crippen molar-refractivity contribution in [2.45, 2.75) is 20.0 Å². The summed E-state index contributed by atoms with van der Waals surface area (Å²) in [4.78, 5) is 19.3. The lowest BCUT2D eigenvalue weighted by Crippen LogP contribution is -2.32. The highest BCUT2D eigenvalue weighted by Crippen LogP contribution is 1.96. The average Bonchev–Trinajstić information content (AvgIpc) is 1.59. The Bertz CT molecular complexity index is 105. The van der Waals surface area contributed by atoms with Crippen molar-refractivity contribution in [2.24, 2.45) is 0 Å². The first kappa shape index (κ1) is 8.81. The van der Waals surface area contributed by atoms with Gasteiger partial charge < -0.3 is 9.22 Å². The summed E-state index contributed by atoms with van der Waals surface area (Å²) in [6.07, 6.45) is 0. The number of ketones is 1. The number of hydrogen-bond donors (Lipinski definition) is 1. The maximum Gasteiger partial charge on any atom is 0.329 e. The van der Waals surface area contributed by atoms with E-state index in [1.807, 2.05) is 0 Å². The molecule has 0 unspecified atom stereocenters. The fraction of sp³-hybridized carbons (Fsp3) is 0.800. The molecule has 0 aromatic rings. The van der Waals surface area contributed by atoms with E-state index in [2.05, 4.69) is 0 Å². The smallest absolute Gasteiger partial charge is 0.329 e. The molecule has 4 heteroatoms. The summed E-state index contributed by atoms with van der Waals surface area (Å²) in [5, 5.41) is 0. The van der Waals surface area contributed by atoms with E-state index in [0.717, 1.165) is 0 Å². The van der Waals surface area contributed by atoms with Crippen molar-refractivity contribution in [3.05, 3.63) is 0 Å². The van der Waals surface area contributed by atoms with Gasteiger partial charge in [-0.15, -0.1) is 0 Å². The molecule has 0 rings (SSSR count). The molecule has 9 heavy (non-hydrogen) atoms. The first-order valence-corrected chi connectivity index (χ1v) is 5.63. The monoisotopic (exact) mass is 148 g/mol. The fourth-order valence-electron chi connectivity index (χ4n) is 0.278. The Hall–Kier alpha value is -0.193. The van der Waals surface area contributed by atoms with Gasteiger partial charge in [0, 0.05) is 0 Å². The van der Waals surface area contributed by atoms with Crippen molar-refractivity contribution < 1.29 is 14.0 Å². The molecule has 0 aliphatic carbocycles. The molecule has 0 spiro atoms. The van der Waals surface area contributed by atoms with Gasteiger partial charge in [-0.05, 0) is 20.0 Å². The second-order valence-corrected chi connectivity index (χ2v) is 5.62. The van der Waals surface area contributed by atoms with E-state index in [0.29, 0.717) is 0 Å². The molecule has 0 saturated heterocycles. The van der Waals surface area contributed by atoms with Crippen molar-refractivity contribution in [3.63, 3.8) is 0 Å². The molecule has 0 aliphatic heterocycles. The Morgan fingerprint density at radius 3 is 2.22 bits per heavy atom. The van der Waals surface area contributed by atoms with Crippen LogP contribution in [0, 0.1) is 0 Å². The van der Waals surface area contributed by atoms with Crippen LogP contribution in [-0.2, 0) is 9.22 Å². The molecule has 0 aliphatic rings. The van der Waals surface area contributed by atoms with E-state index in [1.165, 1.54) is 6.92 Å². The van der Waals surface area contributed by atoms with Crippen LogP contribution in [0.4, 0.5) is 0 Å². The second-order valence-electron chi connectivity index (χ2n) is 2.44. The third-order valence-electron chi connectivity index (χ3n) is 0.629. The lowest BCUT2D eigenvalue weighted by molar-refractivity contribution is -0.119. The molecule has 0 saturated carbocycles. The molecule has 0 amide bonds. The van der Waals surface area contributed by atoms with Crippen LogP contribution < -0.4 is 0 Å². The van der Waals surface area contributed by atoms with Gasteiger partial charge in [0.2, 0.25) is 0 Å². The first-order chi connectivity index (χ1) is 3.92. The second kappa shape index (κ2) is 3.10. The van der Waals surface area contributed by atoms with Gasteiger partial charge in [0.15, 0.2) is 5.78 Å². The molecule has 0 radical (unpaired) electrons. The lowest BCUT2D eigenvalue weighted by Gasteiger charge is -2.12. The van der Waals surface area contributed by atoms with E-state index in [4.69, 9.17) is 9.22 Å². The van der Waals surface area contributed by atoms with Gasteiger partial charge in [-0.1, -0.05) is 0 Å². The van der Waals surface area contributed by atoms with Crippen molar-refractivity contribution in [1.82, 2.24) is 0 Å². The minimum Gasteiger partial charge on any atom is -0.411 e. The van der Waals surface area contributed by atoms with Crippen LogP contribution in [0.15, 0.2) is 0 Å². The van der Waals surface area contributed by atoms with E-state index < -0.39 is 8.56 Å². The lowest BCUT2D eigenvalue weighted by atomic mass is 10.5. The number of rotatable bonds is 3. The maximum absolute atomic E-state index is 10.3. The van der Waals surface area contributed by atoms with Gasteiger partial charge in [0.25, 0.3) is 0 Å². The predicted molar refractivity (Wildman–Crippen MR) is 36.3 cm³/mol. The first-order valence-electron chi connectivity index (χ1n) is 2.77. The fourth-order valence-corrected chi connectivity index (χ4v) is 0.835. The van der Waals surface area contributed by atoms with E-state index >= 15 is 0 Å². The highest BCUT2D eigenvalue weighted by molar-refractivity contribution is 6.63. The summed E-state index contributed by atoms with van der Waals surface area (Å²) in [6.45, 7) is 4.71. The van der Waals surface area contributed by atoms with E-state index in [1.54, 1.807) is 13.1 Å². The van der Waals surface area contributed by atoms with Gasteiger partial charge in [0.1, 0.15) is 0 Å². The summed E-state index contributed by atoms with van der Waals surface area (Å²) in [7, 11) is -2.44. The number of hydrogen-bond acceptors (Lipinski definition) is 3. The third-order valence-corrected chi connectivity index (χ3v) is 1.48. The van der Waals surface area contributed by atoms with Gasteiger partial charge in [-0.25, -0.2) is 0 Å². The highest BCUT2D eigenvalue weighted by atomic mass is 28.4. The average molecular weight is 148 g/mol.